The van der Waals surface area contributed by atoms with Crippen LogP contribution in [0.4, 0.5) is 0 Å². The summed E-state index contributed by atoms with van der Waals surface area (Å²) in [6.45, 7) is 4.92. The second-order valence-corrected chi connectivity index (χ2v) is 5.01. The molecule has 4 nitrogen and oxygen atoms in total. The summed E-state index contributed by atoms with van der Waals surface area (Å²) in [6, 6.07) is 3.76. The molecule has 0 fully saturated rings. The molecule has 1 aromatic rings. The molecule has 0 heterocycles. The lowest BCUT2D eigenvalue weighted by Gasteiger charge is -2.27. The number of hydrogen-bond donors (Lipinski definition) is 1. The number of benzene rings is 1. The lowest BCUT2D eigenvalue weighted by molar-refractivity contribution is 0.0996. The molecule has 102 valence electrons. The zero-order valence-electron chi connectivity index (χ0n) is 11.2. The molecule has 1 aromatic carbocycles. The first kappa shape index (κ1) is 15.3. The van der Waals surface area contributed by atoms with E-state index in [-0.39, 0.29) is 0 Å². The number of hydrogen-bond acceptors (Lipinski definition) is 4. The maximum Gasteiger partial charge on any atom is 0.141 e. The smallest absolute Gasteiger partial charge is 0.141 e. The van der Waals surface area contributed by atoms with Gasteiger partial charge in [0.25, 0.3) is 0 Å². The Morgan fingerprint density at radius 1 is 1.28 bits per heavy atom. The van der Waals surface area contributed by atoms with Crippen LogP contribution in [0.15, 0.2) is 16.6 Å². The summed E-state index contributed by atoms with van der Waals surface area (Å²) in [4.78, 5) is 0. The van der Waals surface area contributed by atoms with Crippen molar-refractivity contribution in [3.05, 3.63) is 22.2 Å². The molecule has 5 heteroatoms. The molecule has 1 rings (SSSR count). The SMILES string of the molecule is CCOCC(C)(N)c1ccc(OC)c(Br)c1OC. The van der Waals surface area contributed by atoms with Gasteiger partial charge in [-0.1, -0.05) is 0 Å². The zero-order valence-corrected chi connectivity index (χ0v) is 12.8. The Morgan fingerprint density at radius 3 is 2.44 bits per heavy atom. The highest BCUT2D eigenvalue weighted by Crippen LogP contribution is 2.40. The monoisotopic (exact) mass is 317 g/mol. The molecular weight excluding hydrogens is 298 g/mol. The van der Waals surface area contributed by atoms with E-state index in [2.05, 4.69) is 15.9 Å². The van der Waals surface area contributed by atoms with Crippen LogP contribution in [-0.2, 0) is 10.3 Å². The lowest BCUT2D eigenvalue weighted by atomic mass is 9.93. The van der Waals surface area contributed by atoms with E-state index in [0.29, 0.717) is 24.7 Å². The number of methoxy groups -OCH3 is 2. The van der Waals surface area contributed by atoms with Gasteiger partial charge >= 0.3 is 0 Å². The maximum absolute atomic E-state index is 6.29. The fourth-order valence-electron chi connectivity index (χ4n) is 1.74. The Balaban J connectivity index is 3.19. The minimum atomic E-state index is -0.615. The lowest BCUT2D eigenvalue weighted by Crippen LogP contribution is -2.38. The van der Waals surface area contributed by atoms with Crippen LogP contribution < -0.4 is 15.2 Å². The van der Waals surface area contributed by atoms with Crippen molar-refractivity contribution in [1.82, 2.24) is 0 Å². The van der Waals surface area contributed by atoms with Gasteiger partial charge in [-0.25, -0.2) is 0 Å². The number of nitrogens with two attached hydrogens (primary N) is 1. The standard InChI is InChI=1S/C13H20BrNO3/c1-5-18-8-13(2,15)9-6-7-10(16-3)11(14)12(9)17-4/h6-7H,5,8,15H2,1-4H3. The molecule has 0 aromatic heterocycles. The predicted molar refractivity (Wildman–Crippen MR) is 75.3 cm³/mol. The summed E-state index contributed by atoms with van der Waals surface area (Å²) in [5, 5.41) is 0. The average molecular weight is 318 g/mol. The molecule has 1 unspecified atom stereocenters. The van der Waals surface area contributed by atoms with E-state index in [1.54, 1.807) is 14.2 Å². The third kappa shape index (κ3) is 3.16. The van der Waals surface area contributed by atoms with Gasteiger partial charge in [-0.05, 0) is 41.9 Å². The van der Waals surface area contributed by atoms with Gasteiger partial charge in [0.15, 0.2) is 0 Å². The summed E-state index contributed by atoms with van der Waals surface area (Å²) in [5.74, 6) is 1.39. The van der Waals surface area contributed by atoms with E-state index in [1.165, 1.54) is 0 Å². The molecule has 0 aliphatic carbocycles. The van der Waals surface area contributed by atoms with Crippen molar-refractivity contribution in [3.63, 3.8) is 0 Å². The summed E-state index contributed by atoms with van der Waals surface area (Å²) in [5.41, 5.74) is 6.56. The maximum atomic E-state index is 6.29. The summed E-state index contributed by atoms with van der Waals surface area (Å²) in [6.07, 6.45) is 0. The fourth-order valence-corrected chi connectivity index (χ4v) is 2.41. The van der Waals surface area contributed by atoms with E-state index in [1.807, 2.05) is 26.0 Å². The number of ether oxygens (including phenoxy) is 3. The van der Waals surface area contributed by atoms with Crippen molar-refractivity contribution in [1.29, 1.82) is 0 Å². The summed E-state index contributed by atoms with van der Waals surface area (Å²) < 4.78 is 16.8. The van der Waals surface area contributed by atoms with Crippen molar-refractivity contribution in [2.75, 3.05) is 27.4 Å². The molecule has 0 aliphatic heterocycles. The van der Waals surface area contributed by atoms with Gasteiger partial charge in [0.05, 0.1) is 26.4 Å². The Bertz CT molecular complexity index is 407. The van der Waals surface area contributed by atoms with Gasteiger partial charge in [-0.15, -0.1) is 0 Å². The molecular formula is C13H20BrNO3. The first-order valence-electron chi connectivity index (χ1n) is 5.75. The Hall–Kier alpha value is -0.780. The van der Waals surface area contributed by atoms with Gasteiger partial charge in [-0.3, -0.25) is 0 Å². The van der Waals surface area contributed by atoms with Gasteiger partial charge in [0.2, 0.25) is 0 Å². The van der Waals surface area contributed by atoms with E-state index in [0.717, 1.165) is 10.0 Å². The number of rotatable bonds is 6. The zero-order chi connectivity index (χ0) is 13.8. The largest absolute Gasteiger partial charge is 0.495 e. The quantitative estimate of drug-likeness (QED) is 0.876. The fraction of sp³-hybridized carbons (Fsp3) is 0.538. The minimum absolute atomic E-state index is 0.429. The molecule has 18 heavy (non-hydrogen) atoms. The van der Waals surface area contributed by atoms with Crippen LogP contribution in [0.3, 0.4) is 0 Å². The third-order valence-corrected chi connectivity index (χ3v) is 3.46. The molecule has 0 amide bonds. The van der Waals surface area contributed by atoms with Crippen LogP contribution in [0.5, 0.6) is 11.5 Å². The average Bonchev–Trinajstić information content (AvgIpc) is 2.36. The van der Waals surface area contributed by atoms with Crippen LogP contribution in [0.1, 0.15) is 19.4 Å². The third-order valence-electron chi connectivity index (χ3n) is 2.71. The molecule has 1 atom stereocenters. The summed E-state index contributed by atoms with van der Waals surface area (Å²) >= 11 is 3.47. The molecule has 0 saturated heterocycles. The van der Waals surface area contributed by atoms with Gasteiger partial charge < -0.3 is 19.9 Å². The van der Waals surface area contributed by atoms with Gasteiger partial charge in [0.1, 0.15) is 16.0 Å². The molecule has 0 radical (unpaired) electrons. The van der Waals surface area contributed by atoms with E-state index >= 15 is 0 Å². The first-order chi connectivity index (χ1) is 8.47. The molecule has 0 saturated carbocycles. The normalized spacial score (nSPS) is 14.1. The van der Waals surface area contributed by atoms with Crippen LogP contribution in [0.25, 0.3) is 0 Å². The highest BCUT2D eigenvalue weighted by atomic mass is 79.9. The molecule has 0 bridgehead atoms. The Morgan fingerprint density at radius 2 is 1.94 bits per heavy atom. The predicted octanol–water partition coefficient (Wildman–Crippen LogP) is 2.68. The van der Waals surface area contributed by atoms with Gasteiger partial charge in [-0.2, -0.15) is 0 Å². The topological polar surface area (TPSA) is 53.7 Å². The summed E-state index contributed by atoms with van der Waals surface area (Å²) in [7, 11) is 3.22. The van der Waals surface area contributed by atoms with Crippen molar-refractivity contribution >= 4 is 15.9 Å². The van der Waals surface area contributed by atoms with E-state index < -0.39 is 5.54 Å². The Kier molecular flexibility index (Phi) is 5.44. The second kappa shape index (κ2) is 6.41. The minimum Gasteiger partial charge on any atom is -0.495 e. The van der Waals surface area contributed by atoms with Crippen LogP contribution in [-0.4, -0.2) is 27.4 Å². The number of halogens is 1. The van der Waals surface area contributed by atoms with Crippen molar-refractivity contribution in [2.45, 2.75) is 19.4 Å². The van der Waals surface area contributed by atoms with Crippen LogP contribution in [0, 0.1) is 0 Å². The molecule has 0 aliphatic rings. The Labute approximate surface area is 117 Å². The van der Waals surface area contributed by atoms with Crippen molar-refractivity contribution < 1.29 is 14.2 Å². The first-order valence-corrected chi connectivity index (χ1v) is 6.54. The van der Waals surface area contributed by atoms with E-state index in [4.69, 9.17) is 19.9 Å². The van der Waals surface area contributed by atoms with E-state index in [9.17, 15) is 0 Å². The second-order valence-electron chi connectivity index (χ2n) is 4.22. The molecule has 2 N–H and O–H groups in total. The van der Waals surface area contributed by atoms with Crippen LogP contribution in [0.2, 0.25) is 0 Å². The van der Waals surface area contributed by atoms with Crippen molar-refractivity contribution in [3.8, 4) is 11.5 Å². The highest BCUT2D eigenvalue weighted by molar-refractivity contribution is 9.10. The van der Waals surface area contributed by atoms with Gasteiger partial charge in [0, 0.05) is 12.2 Å². The van der Waals surface area contributed by atoms with Crippen molar-refractivity contribution in [2.24, 2.45) is 5.73 Å². The van der Waals surface area contributed by atoms with Crippen LogP contribution >= 0.6 is 15.9 Å². The highest BCUT2D eigenvalue weighted by Gasteiger charge is 2.27. The molecule has 0 spiro atoms.